The molecule has 0 saturated heterocycles. The quantitative estimate of drug-likeness (QED) is 0.363. The van der Waals surface area contributed by atoms with Crippen molar-refractivity contribution in [2.45, 2.75) is 0 Å². The van der Waals surface area contributed by atoms with Gasteiger partial charge in [0.05, 0.1) is 17.1 Å². The number of anilines is 1. The molecule has 24 heavy (non-hydrogen) atoms. The molecule has 0 heterocycles. The Morgan fingerprint density at radius 1 is 1.17 bits per heavy atom. The van der Waals surface area contributed by atoms with E-state index in [1.54, 1.807) is 24.3 Å². The summed E-state index contributed by atoms with van der Waals surface area (Å²) in [5.41, 5.74) is 3.36. The predicted octanol–water partition coefficient (Wildman–Crippen LogP) is 1.28. The van der Waals surface area contributed by atoms with E-state index in [2.05, 4.69) is 15.8 Å². The first kappa shape index (κ1) is 17.0. The van der Waals surface area contributed by atoms with Crippen molar-refractivity contribution in [2.24, 2.45) is 5.10 Å². The maximum atomic E-state index is 10.9. The van der Waals surface area contributed by atoms with Crippen molar-refractivity contribution >= 4 is 40.9 Å². The molecule has 9 heteroatoms. The van der Waals surface area contributed by atoms with Crippen LogP contribution in [-0.4, -0.2) is 22.2 Å². The Hall–Kier alpha value is -3.33. The number of hydrogen-bond donors (Lipinski definition) is 2. The van der Waals surface area contributed by atoms with Crippen molar-refractivity contribution in [1.29, 1.82) is 0 Å². The molecule has 0 saturated carbocycles. The van der Waals surface area contributed by atoms with E-state index in [9.17, 15) is 20.0 Å². The zero-order valence-electron chi connectivity index (χ0n) is 12.1. The van der Waals surface area contributed by atoms with Crippen molar-refractivity contribution in [3.63, 3.8) is 0 Å². The second kappa shape index (κ2) is 7.79. The largest absolute Gasteiger partial charge is 0.545 e. The molecule has 8 nitrogen and oxygen atoms in total. The number of nitrogens with zero attached hydrogens (tertiary/aromatic N) is 2. The van der Waals surface area contributed by atoms with Gasteiger partial charge in [0.1, 0.15) is 5.69 Å². The van der Waals surface area contributed by atoms with E-state index in [-0.39, 0.29) is 22.1 Å². The summed E-state index contributed by atoms with van der Waals surface area (Å²) in [6.45, 7) is 0. The van der Waals surface area contributed by atoms with Gasteiger partial charge in [-0.25, -0.2) is 0 Å². The molecule has 0 fully saturated rings. The number of carbonyl (C=O) groups excluding carboxylic acids is 1. The lowest BCUT2D eigenvalue weighted by molar-refractivity contribution is -0.383. The summed E-state index contributed by atoms with van der Waals surface area (Å²) in [5.74, 6) is -1.26. The molecule has 0 spiro atoms. The number of carbonyl (C=O) groups is 1. The molecule has 0 amide bonds. The minimum atomic E-state index is -1.26. The van der Waals surface area contributed by atoms with Crippen molar-refractivity contribution in [1.82, 2.24) is 5.43 Å². The first-order valence-electron chi connectivity index (χ1n) is 6.62. The Morgan fingerprint density at radius 2 is 1.83 bits per heavy atom. The number of carboxylic acid groups (broad SMARTS) is 1. The molecule has 122 valence electrons. The van der Waals surface area contributed by atoms with Crippen LogP contribution in [0.15, 0.2) is 53.6 Å². The fourth-order valence-corrected chi connectivity index (χ4v) is 1.92. The zero-order chi connectivity index (χ0) is 17.5. The van der Waals surface area contributed by atoms with Gasteiger partial charge in [0.25, 0.3) is 5.69 Å². The van der Waals surface area contributed by atoms with Gasteiger partial charge >= 0.3 is 0 Å². The standard InChI is InChI=1S/C15H12N4O4S/c20-14(21)11-7-5-10(6-8-11)9-16-18-15(24)17-12-3-1-2-4-13(12)19(22)23/h1-9H,(H,20,21)(H2,17,18,24)/p-1/b16-9-. The molecule has 0 aliphatic carbocycles. The number of para-hydroxylation sites is 2. The van der Waals surface area contributed by atoms with E-state index < -0.39 is 10.9 Å². The third-order valence-electron chi connectivity index (χ3n) is 2.88. The third-order valence-corrected chi connectivity index (χ3v) is 3.07. The minimum absolute atomic E-state index is 0.0636. The summed E-state index contributed by atoms with van der Waals surface area (Å²) >= 11 is 5.01. The smallest absolute Gasteiger partial charge is 0.292 e. The van der Waals surface area contributed by atoms with Gasteiger partial charge < -0.3 is 15.2 Å². The maximum Gasteiger partial charge on any atom is 0.292 e. The van der Waals surface area contributed by atoms with E-state index in [4.69, 9.17) is 12.2 Å². The Morgan fingerprint density at radius 3 is 2.46 bits per heavy atom. The highest BCUT2D eigenvalue weighted by Crippen LogP contribution is 2.22. The number of nitro groups is 1. The van der Waals surface area contributed by atoms with Crippen LogP contribution in [0.25, 0.3) is 0 Å². The zero-order valence-corrected chi connectivity index (χ0v) is 12.9. The monoisotopic (exact) mass is 343 g/mol. The molecule has 2 rings (SSSR count). The first-order chi connectivity index (χ1) is 11.5. The van der Waals surface area contributed by atoms with Crippen LogP contribution in [0.5, 0.6) is 0 Å². The number of nitro benzene ring substituents is 1. The Kier molecular flexibility index (Phi) is 5.53. The molecule has 2 N–H and O–H groups in total. The summed E-state index contributed by atoms with van der Waals surface area (Å²) in [6.07, 6.45) is 1.42. The van der Waals surface area contributed by atoms with Crippen LogP contribution in [0.2, 0.25) is 0 Å². The fourth-order valence-electron chi connectivity index (χ4n) is 1.76. The van der Waals surface area contributed by atoms with Gasteiger partial charge in [0, 0.05) is 6.07 Å². The molecule has 0 unspecified atom stereocenters. The van der Waals surface area contributed by atoms with Gasteiger partial charge in [-0.3, -0.25) is 15.5 Å². The highest BCUT2D eigenvalue weighted by molar-refractivity contribution is 7.80. The summed E-state index contributed by atoms with van der Waals surface area (Å²) < 4.78 is 0. The molecule has 0 aromatic heterocycles. The molecular weight excluding hydrogens is 332 g/mol. The highest BCUT2D eigenvalue weighted by Gasteiger charge is 2.12. The summed E-state index contributed by atoms with van der Waals surface area (Å²) in [6, 6.07) is 11.9. The van der Waals surface area contributed by atoms with E-state index in [0.717, 1.165) is 0 Å². The van der Waals surface area contributed by atoms with Crippen LogP contribution in [0.4, 0.5) is 11.4 Å². The number of thiocarbonyl (C=S) groups is 1. The summed E-state index contributed by atoms with van der Waals surface area (Å²) in [7, 11) is 0. The van der Waals surface area contributed by atoms with E-state index in [0.29, 0.717) is 5.56 Å². The Balaban J connectivity index is 1.96. The first-order valence-corrected chi connectivity index (χ1v) is 7.03. The van der Waals surface area contributed by atoms with Gasteiger partial charge in [-0.1, -0.05) is 36.4 Å². The van der Waals surface area contributed by atoms with Crippen LogP contribution in [0.1, 0.15) is 15.9 Å². The second-order valence-electron chi connectivity index (χ2n) is 4.51. The van der Waals surface area contributed by atoms with Crippen LogP contribution in [0.3, 0.4) is 0 Å². The van der Waals surface area contributed by atoms with Crippen molar-refractivity contribution in [3.05, 3.63) is 69.8 Å². The highest BCUT2D eigenvalue weighted by atomic mass is 32.1. The van der Waals surface area contributed by atoms with Crippen molar-refractivity contribution in [2.75, 3.05) is 5.32 Å². The number of hydrogen-bond acceptors (Lipinski definition) is 6. The molecule has 0 radical (unpaired) electrons. The van der Waals surface area contributed by atoms with Gasteiger partial charge in [0.2, 0.25) is 0 Å². The average Bonchev–Trinajstić information content (AvgIpc) is 2.55. The van der Waals surface area contributed by atoms with E-state index in [1.807, 2.05) is 0 Å². The summed E-state index contributed by atoms with van der Waals surface area (Å²) in [5, 5.41) is 28.2. The van der Waals surface area contributed by atoms with Crippen molar-refractivity contribution in [3.8, 4) is 0 Å². The van der Waals surface area contributed by atoms with Crippen LogP contribution in [-0.2, 0) is 0 Å². The number of carboxylic acids is 1. The SMILES string of the molecule is O=C([O-])c1ccc(/C=N\NC(=S)Nc2ccccc2[N+](=O)[O-])cc1. The van der Waals surface area contributed by atoms with Gasteiger partial charge in [-0.15, -0.1) is 0 Å². The Bertz CT molecular complexity index is 805. The lowest BCUT2D eigenvalue weighted by atomic mass is 10.1. The average molecular weight is 343 g/mol. The normalized spacial score (nSPS) is 10.3. The fraction of sp³-hybridized carbons (Fsp3) is 0. The van der Waals surface area contributed by atoms with E-state index in [1.165, 1.54) is 30.5 Å². The predicted molar refractivity (Wildman–Crippen MR) is 90.8 cm³/mol. The van der Waals surface area contributed by atoms with Gasteiger partial charge in [-0.05, 0) is 29.4 Å². The topological polar surface area (TPSA) is 120 Å². The lowest BCUT2D eigenvalue weighted by Gasteiger charge is -2.07. The molecule has 2 aromatic rings. The number of aromatic carboxylic acids is 1. The number of hydrazone groups is 1. The Labute approximate surface area is 142 Å². The minimum Gasteiger partial charge on any atom is -0.545 e. The molecule has 0 bridgehead atoms. The van der Waals surface area contributed by atoms with Crippen LogP contribution >= 0.6 is 12.2 Å². The van der Waals surface area contributed by atoms with E-state index >= 15 is 0 Å². The lowest BCUT2D eigenvalue weighted by Crippen LogP contribution is -2.24. The third kappa shape index (κ3) is 4.58. The molecule has 0 aliphatic heterocycles. The van der Waals surface area contributed by atoms with Gasteiger partial charge in [-0.2, -0.15) is 5.10 Å². The van der Waals surface area contributed by atoms with Crippen LogP contribution < -0.4 is 15.8 Å². The second-order valence-corrected chi connectivity index (χ2v) is 4.92. The maximum absolute atomic E-state index is 10.9. The summed E-state index contributed by atoms with van der Waals surface area (Å²) in [4.78, 5) is 21.0. The molecule has 2 aromatic carbocycles. The number of nitrogens with one attached hydrogen (secondary N) is 2. The number of rotatable bonds is 5. The van der Waals surface area contributed by atoms with Crippen LogP contribution in [0, 0.1) is 10.1 Å². The number of benzene rings is 2. The van der Waals surface area contributed by atoms with Crippen molar-refractivity contribution < 1.29 is 14.8 Å². The molecule has 0 aliphatic rings. The van der Waals surface area contributed by atoms with Gasteiger partial charge in [0.15, 0.2) is 5.11 Å². The molecular formula is C15H11N4O4S-. The molecule has 0 atom stereocenters.